The molecule has 6 nitrogen and oxygen atoms in total. The number of esters is 1. The Bertz CT molecular complexity index is 921. The predicted octanol–water partition coefficient (Wildman–Crippen LogP) is 5.76. The van der Waals surface area contributed by atoms with Crippen LogP contribution >= 0.6 is 90.4 Å². The van der Waals surface area contributed by atoms with Crippen LogP contribution in [0, 0.1) is 14.3 Å². The van der Waals surface area contributed by atoms with Crippen molar-refractivity contribution in [3.63, 3.8) is 0 Å². The molecule has 0 bridgehead atoms. The summed E-state index contributed by atoms with van der Waals surface area (Å²) in [4.78, 5) is 12.3. The molecular formula is C22H23I4NO5. The van der Waals surface area contributed by atoms with E-state index in [-0.39, 0.29) is 18.1 Å². The minimum atomic E-state index is -0.366. The van der Waals surface area contributed by atoms with Crippen LogP contribution < -0.4 is 14.8 Å². The van der Waals surface area contributed by atoms with Crippen molar-refractivity contribution in [1.29, 1.82) is 0 Å². The van der Waals surface area contributed by atoms with Gasteiger partial charge in [0, 0.05) is 0 Å². The van der Waals surface area contributed by atoms with Gasteiger partial charge in [-0.15, -0.1) is 0 Å². The van der Waals surface area contributed by atoms with E-state index in [4.69, 9.17) is 18.9 Å². The highest BCUT2D eigenvalue weighted by molar-refractivity contribution is 14.1. The monoisotopic (exact) mass is 889 g/mol. The number of nitrogens with one attached hydrogen (secondary N) is 1. The van der Waals surface area contributed by atoms with Crippen molar-refractivity contribution in [2.24, 2.45) is 0 Å². The van der Waals surface area contributed by atoms with Gasteiger partial charge in [0.15, 0.2) is 5.75 Å². The van der Waals surface area contributed by atoms with Crippen LogP contribution in [0.5, 0.6) is 17.2 Å². The summed E-state index contributed by atoms with van der Waals surface area (Å²) in [5, 5.41) is 3.22. The molecule has 174 valence electrons. The lowest BCUT2D eigenvalue weighted by molar-refractivity contribution is -0.145. The molecule has 1 aliphatic rings. The van der Waals surface area contributed by atoms with Gasteiger partial charge in [0.1, 0.15) is 30.3 Å². The number of benzene rings is 2. The lowest BCUT2D eigenvalue weighted by Crippen LogP contribution is -2.39. The average Bonchev–Trinajstić information content (AvgIpc) is 3.54. The molecule has 0 aliphatic carbocycles. The fourth-order valence-electron chi connectivity index (χ4n) is 2.98. The first-order valence-electron chi connectivity index (χ1n) is 10.1. The van der Waals surface area contributed by atoms with E-state index in [9.17, 15) is 4.79 Å². The minimum absolute atomic E-state index is 0.218. The predicted molar refractivity (Wildman–Crippen MR) is 157 cm³/mol. The molecule has 3 rings (SSSR count). The van der Waals surface area contributed by atoms with Gasteiger partial charge in [0.2, 0.25) is 0 Å². The van der Waals surface area contributed by atoms with E-state index in [1.54, 1.807) is 0 Å². The molecule has 0 amide bonds. The number of likely N-dealkylation sites (N-methyl/N-ethyl adjacent to an activating group) is 1. The Morgan fingerprint density at radius 2 is 1.66 bits per heavy atom. The van der Waals surface area contributed by atoms with E-state index in [1.807, 2.05) is 26.0 Å². The lowest BCUT2D eigenvalue weighted by Gasteiger charge is -2.18. The number of hydrogen-bond acceptors (Lipinski definition) is 6. The maximum atomic E-state index is 12.3. The highest BCUT2D eigenvalue weighted by atomic mass is 127. The molecule has 0 radical (unpaired) electrons. The summed E-state index contributed by atoms with van der Waals surface area (Å²) in [5.74, 6) is 2.20. The van der Waals surface area contributed by atoms with E-state index in [2.05, 4.69) is 108 Å². The third-order valence-electron chi connectivity index (χ3n) is 4.53. The average molecular weight is 889 g/mol. The number of hydrogen-bond donors (Lipinski definition) is 1. The second kappa shape index (κ2) is 12.9. The van der Waals surface area contributed by atoms with Crippen molar-refractivity contribution >= 4 is 96.3 Å². The Kier molecular flexibility index (Phi) is 10.8. The summed E-state index contributed by atoms with van der Waals surface area (Å²) in [7, 11) is 0. The molecule has 1 N–H and O–H groups in total. The number of ether oxygens (including phenoxy) is 4. The van der Waals surface area contributed by atoms with Crippen LogP contribution in [0.25, 0.3) is 0 Å². The zero-order valence-corrected chi connectivity index (χ0v) is 26.2. The second-order valence-corrected chi connectivity index (χ2v) is 11.7. The quantitative estimate of drug-likeness (QED) is 0.176. The summed E-state index contributed by atoms with van der Waals surface area (Å²) in [6.45, 7) is 6.22. The van der Waals surface area contributed by atoms with Crippen LogP contribution in [0.15, 0.2) is 24.3 Å². The molecule has 0 aromatic heterocycles. The van der Waals surface area contributed by atoms with Gasteiger partial charge in [-0.3, -0.25) is 4.79 Å². The SMILES string of the molecule is CCNC(Cc1cc(I)c(Oc2cc(I)c(OCC3CO3)c(I)c2)c(I)c1)C(=O)OCC. The molecule has 10 heteroatoms. The molecule has 2 unspecified atom stereocenters. The Balaban J connectivity index is 1.75. The van der Waals surface area contributed by atoms with Gasteiger partial charge in [0.05, 0.1) is 27.5 Å². The van der Waals surface area contributed by atoms with E-state index in [0.717, 1.165) is 43.7 Å². The molecule has 2 atom stereocenters. The molecule has 0 spiro atoms. The lowest BCUT2D eigenvalue weighted by atomic mass is 10.1. The Morgan fingerprint density at radius 1 is 1.06 bits per heavy atom. The Hall–Kier alpha value is 0.350. The van der Waals surface area contributed by atoms with Crippen LogP contribution in [0.2, 0.25) is 0 Å². The molecule has 1 saturated heterocycles. The smallest absolute Gasteiger partial charge is 0.323 e. The van der Waals surface area contributed by atoms with Gasteiger partial charge in [-0.1, -0.05) is 6.92 Å². The largest absolute Gasteiger partial charge is 0.489 e. The van der Waals surface area contributed by atoms with Crippen molar-refractivity contribution < 1.29 is 23.7 Å². The molecule has 1 fully saturated rings. The summed E-state index contributed by atoms with van der Waals surface area (Å²) in [5.41, 5.74) is 1.06. The number of halogens is 4. The third-order valence-corrected chi connectivity index (χ3v) is 7.73. The summed E-state index contributed by atoms with van der Waals surface area (Å²) in [6, 6.07) is 7.71. The van der Waals surface area contributed by atoms with Gasteiger partial charge in [-0.05, 0) is 140 Å². The van der Waals surface area contributed by atoms with Crippen molar-refractivity contribution in [1.82, 2.24) is 5.32 Å². The van der Waals surface area contributed by atoms with Crippen molar-refractivity contribution in [3.05, 3.63) is 44.1 Å². The van der Waals surface area contributed by atoms with Gasteiger partial charge in [0.25, 0.3) is 0 Å². The third kappa shape index (κ3) is 7.68. The van der Waals surface area contributed by atoms with E-state index in [1.165, 1.54) is 0 Å². The maximum absolute atomic E-state index is 12.3. The fourth-order valence-corrected chi connectivity index (χ4v) is 7.12. The van der Waals surface area contributed by atoms with Gasteiger partial charge >= 0.3 is 5.97 Å². The normalized spacial score (nSPS) is 15.9. The molecular weight excluding hydrogens is 866 g/mol. The highest BCUT2D eigenvalue weighted by Gasteiger charge is 2.24. The molecule has 0 saturated carbocycles. The zero-order chi connectivity index (χ0) is 23.3. The van der Waals surface area contributed by atoms with Gasteiger partial charge in [-0.25, -0.2) is 0 Å². The van der Waals surface area contributed by atoms with E-state index < -0.39 is 0 Å². The topological polar surface area (TPSA) is 69.3 Å². The number of carbonyl (C=O) groups excluding carboxylic acids is 1. The van der Waals surface area contributed by atoms with Crippen molar-refractivity contribution in [2.45, 2.75) is 32.4 Å². The summed E-state index contributed by atoms with van der Waals surface area (Å²) < 4.78 is 26.6. The Morgan fingerprint density at radius 3 is 2.19 bits per heavy atom. The second-order valence-electron chi connectivity index (χ2n) is 7.04. The van der Waals surface area contributed by atoms with Crippen molar-refractivity contribution in [2.75, 3.05) is 26.4 Å². The van der Waals surface area contributed by atoms with Crippen molar-refractivity contribution in [3.8, 4) is 17.2 Å². The van der Waals surface area contributed by atoms with Crippen LogP contribution in [0.1, 0.15) is 19.4 Å². The first kappa shape index (κ1) is 26.9. The number of carbonyl (C=O) groups is 1. The van der Waals surface area contributed by atoms with Crippen LogP contribution in [-0.2, 0) is 20.7 Å². The molecule has 2 aromatic rings. The van der Waals surface area contributed by atoms with Crippen LogP contribution in [0.4, 0.5) is 0 Å². The van der Waals surface area contributed by atoms with Gasteiger partial charge < -0.3 is 24.3 Å². The zero-order valence-electron chi connectivity index (χ0n) is 17.6. The number of rotatable bonds is 11. The van der Waals surface area contributed by atoms with E-state index in [0.29, 0.717) is 26.2 Å². The molecule has 1 aliphatic heterocycles. The maximum Gasteiger partial charge on any atom is 0.323 e. The number of epoxide rings is 1. The summed E-state index contributed by atoms with van der Waals surface area (Å²) in [6.07, 6.45) is 0.779. The minimum Gasteiger partial charge on any atom is -0.489 e. The van der Waals surface area contributed by atoms with Crippen LogP contribution in [-0.4, -0.2) is 44.5 Å². The molecule has 32 heavy (non-hydrogen) atoms. The fraction of sp³-hybridized carbons (Fsp3) is 0.409. The van der Waals surface area contributed by atoms with Crippen LogP contribution in [0.3, 0.4) is 0 Å². The Labute approximate surface area is 242 Å². The van der Waals surface area contributed by atoms with E-state index >= 15 is 0 Å². The standard InChI is InChI=1S/C22H23I4NO5/c1-3-27-19(22(28)29-4-2)7-12-5-15(23)21(16(24)6-12)32-13-8-17(25)20(18(26)9-13)31-11-14-10-30-14/h5-6,8-9,14,19,27H,3-4,7,10-11H2,1-2H3. The first-order valence-corrected chi connectivity index (χ1v) is 14.4. The molecule has 2 aromatic carbocycles. The van der Waals surface area contributed by atoms with Gasteiger partial charge in [-0.2, -0.15) is 0 Å². The molecule has 1 heterocycles. The first-order chi connectivity index (χ1) is 15.3. The summed E-state index contributed by atoms with van der Waals surface area (Å²) >= 11 is 9.11. The highest BCUT2D eigenvalue weighted by Crippen LogP contribution is 2.37.